The van der Waals surface area contributed by atoms with Gasteiger partial charge in [0.15, 0.2) is 0 Å². The monoisotopic (exact) mass is 333 g/mol. The van der Waals surface area contributed by atoms with Gasteiger partial charge in [0.1, 0.15) is 18.2 Å². The van der Waals surface area contributed by atoms with Crippen molar-refractivity contribution in [1.29, 1.82) is 0 Å². The molecule has 0 radical (unpaired) electrons. The third-order valence-corrected chi connectivity index (χ3v) is 4.41. The average molecular weight is 333 g/mol. The van der Waals surface area contributed by atoms with E-state index < -0.39 is 15.8 Å². The van der Waals surface area contributed by atoms with Crippen LogP contribution < -0.4 is 9.46 Å². The van der Waals surface area contributed by atoms with Gasteiger partial charge in [0, 0.05) is 0 Å². The molecule has 6 heteroatoms. The maximum absolute atomic E-state index is 12.8. The molecule has 0 bridgehead atoms. The van der Waals surface area contributed by atoms with Gasteiger partial charge in [-0.05, 0) is 42.8 Å². The quantitative estimate of drug-likeness (QED) is 0.856. The molecule has 0 amide bonds. The van der Waals surface area contributed by atoms with Crippen molar-refractivity contribution in [2.24, 2.45) is 0 Å². The second-order valence-corrected chi connectivity index (χ2v) is 6.45. The summed E-state index contributed by atoms with van der Waals surface area (Å²) in [5.41, 5.74) is 1.01. The molecule has 2 aromatic carbocycles. The highest BCUT2D eigenvalue weighted by molar-refractivity contribution is 7.89. The molecule has 0 atom stereocenters. The lowest BCUT2D eigenvalue weighted by molar-refractivity contribution is 0.367. The van der Waals surface area contributed by atoms with Crippen molar-refractivity contribution in [2.45, 2.75) is 11.8 Å². The SMILES string of the molecule is Cc1ccccc1OCC#CCNS(=O)(=O)c1ccc(F)cc1. The van der Waals surface area contributed by atoms with E-state index in [-0.39, 0.29) is 18.0 Å². The molecule has 23 heavy (non-hydrogen) atoms. The fraction of sp³-hybridized carbons (Fsp3) is 0.176. The first kappa shape index (κ1) is 17.0. The van der Waals surface area contributed by atoms with Crippen molar-refractivity contribution < 1.29 is 17.5 Å². The van der Waals surface area contributed by atoms with Crippen LogP contribution in [-0.4, -0.2) is 21.6 Å². The van der Waals surface area contributed by atoms with Crippen molar-refractivity contribution in [1.82, 2.24) is 4.72 Å². The number of para-hydroxylation sites is 1. The highest BCUT2D eigenvalue weighted by atomic mass is 32.2. The lowest BCUT2D eigenvalue weighted by Crippen LogP contribution is -2.24. The molecule has 0 saturated carbocycles. The number of ether oxygens (including phenoxy) is 1. The Labute approximate surface area is 135 Å². The van der Waals surface area contributed by atoms with Crippen molar-refractivity contribution in [2.75, 3.05) is 13.2 Å². The molecule has 0 heterocycles. The van der Waals surface area contributed by atoms with Crippen LogP contribution in [0.5, 0.6) is 5.75 Å². The van der Waals surface area contributed by atoms with E-state index in [2.05, 4.69) is 16.6 Å². The van der Waals surface area contributed by atoms with Gasteiger partial charge in [-0.25, -0.2) is 12.8 Å². The van der Waals surface area contributed by atoms with Gasteiger partial charge >= 0.3 is 0 Å². The maximum Gasteiger partial charge on any atom is 0.241 e. The summed E-state index contributed by atoms with van der Waals surface area (Å²) in [5.74, 6) is 5.66. The first-order chi connectivity index (χ1) is 11.0. The second kappa shape index (κ2) is 7.77. The molecule has 0 saturated heterocycles. The van der Waals surface area contributed by atoms with Gasteiger partial charge in [0.25, 0.3) is 0 Å². The number of hydrogen-bond acceptors (Lipinski definition) is 3. The van der Waals surface area contributed by atoms with Crippen LogP contribution in [0.2, 0.25) is 0 Å². The molecule has 4 nitrogen and oxygen atoms in total. The van der Waals surface area contributed by atoms with Gasteiger partial charge < -0.3 is 4.74 Å². The normalized spacial score (nSPS) is 10.7. The summed E-state index contributed by atoms with van der Waals surface area (Å²) in [6, 6.07) is 12.1. The zero-order valence-electron chi connectivity index (χ0n) is 12.5. The summed E-state index contributed by atoms with van der Waals surface area (Å²) < 4.78 is 44.4. The summed E-state index contributed by atoms with van der Waals surface area (Å²) in [7, 11) is -3.68. The molecule has 0 unspecified atom stereocenters. The number of aryl methyl sites for hydroxylation is 1. The third kappa shape index (κ3) is 5.09. The van der Waals surface area contributed by atoms with E-state index in [9.17, 15) is 12.8 Å². The first-order valence-corrected chi connectivity index (χ1v) is 8.37. The Morgan fingerprint density at radius 2 is 1.78 bits per heavy atom. The largest absolute Gasteiger partial charge is 0.481 e. The Morgan fingerprint density at radius 1 is 1.09 bits per heavy atom. The minimum atomic E-state index is -3.68. The lowest BCUT2D eigenvalue weighted by Gasteiger charge is -2.05. The first-order valence-electron chi connectivity index (χ1n) is 6.88. The molecule has 2 rings (SSSR count). The molecular formula is C17H16FNO3S. The van der Waals surface area contributed by atoms with Crippen molar-refractivity contribution in [3.8, 4) is 17.6 Å². The van der Waals surface area contributed by atoms with Gasteiger partial charge in [-0.15, -0.1) is 0 Å². The third-order valence-electron chi connectivity index (χ3n) is 2.99. The fourth-order valence-electron chi connectivity index (χ4n) is 1.77. The van der Waals surface area contributed by atoms with E-state index in [4.69, 9.17) is 4.74 Å². The van der Waals surface area contributed by atoms with Crippen LogP contribution in [0.3, 0.4) is 0 Å². The second-order valence-electron chi connectivity index (χ2n) is 4.69. The number of rotatable bonds is 5. The van der Waals surface area contributed by atoms with Gasteiger partial charge in [-0.2, -0.15) is 4.72 Å². The van der Waals surface area contributed by atoms with Crippen molar-refractivity contribution in [3.63, 3.8) is 0 Å². The van der Waals surface area contributed by atoms with Crippen LogP contribution >= 0.6 is 0 Å². The number of hydrogen-bond donors (Lipinski definition) is 1. The van der Waals surface area contributed by atoms with E-state index in [1.807, 2.05) is 31.2 Å². The molecule has 2 aromatic rings. The molecule has 120 valence electrons. The Balaban J connectivity index is 1.83. The molecular weight excluding hydrogens is 317 g/mol. The number of nitrogens with one attached hydrogen (secondary N) is 1. The number of halogens is 1. The van der Waals surface area contributed by atoms with Crippen LogP contribution in [0.4, 0.5) is 4.39 Å². The van der Waals surface area contributed by atoms with E-state index in [1.165, 1.54) is 12.1 Å². The van der Waals surface area contributed by atoms with Gasteiger partial charge in [-0.1, -0.05) is 30.0 Å². The summed E-state index contributed by atoms with van der Waals surface area (Å²) in [5, 5.41) is 0. The average Bonchev–Trinajstić information content (AvgIpc) is 2.52. The summed E-state index contributed by atoms with van der Waals surface area (Å²) in [4.78, 5) is -0.00291. The minimum Gasteiger partial charge on any atom is -0.481 e. The predicted octanol–water partition coefficient (Wildman–Crippen LogP) is 2.49. The molecule has 0 aliphatic rings. The van der Waals surface area contributed by atoms with E-state index in [1.54, 1.807) is 0 Å². The van der Waals surface area contributed by atoms with Crippen LogP contribution in [0, 0.1) is 24.6 Å². The summed E-state index contributed by atoms with van der Waals surface area (Å²) in [6.45, 7) is 2.06. The molecule has 0 aliphatic heterocycles. The summed E-state index contributed by atoms with van der Waals surface area (Å²) in [6.07, 6.45) is 0. The van der Waals surface area contributed by atoms with Crippen molar-refractivity contribution >= 4 is 10.0 Å². The molecule has 0 aliphatic carbocycles. The van der Waals surface area contributed by atoms with E-state index in [0.717, 1.165) is 23.4 Å². The molecule has 0 fully saturated rings. The van der Waals surface area contributed by atoms with Gasteiger partial charge in [0.05, 0.1) is 11.4 Å². The highest BCUT2D eigenvalue weighted by Gasteiger charge is 2.12. The van der Waals surface area contributed by atoms with E-state index >= 15 is 0 Å². The van der Waals surface area contributed by atoms with Crippen LogP contribution in [0.25, 0.3) is 0 Å². The Hall–Kier alpha value is -2.36. The van der Waals surface area contributed by atoms with Crippen LogP contribution in [0.1, 0.15) is 5.56 Å². The maximum atomic E-state index is 12.8. The van der Waals surface area contributed by atoms with Crippen molar-refractivity contribution in [3.05, 3.63) is 59.9 Å². The Morgan fingerprint density at radius 3 is 2.48 bits per heavy atom. The van der Waals surface area contributed by atoms with Crippen LogP contribution in [0.15, 0.2) is 53.4 Å². The topological polar surface area (TPSA) is 55.4 Å². The zero-order chi connectivity index (χ0) is 16.7. The minimum absolute atomic E-state index is 0.00291. The fourth-order valence-corrected chi connectivity index (χ4v) is 2.70. The Bertz CT molecular complexity index is 821. The van der Waals surface area contributed by atoms with Gasteiger partial charge in [-0.3, -0.25) is 0 Å². The zero-order valence-corrected chi connectivity index (χ0v) is 13.4. The lowest BCUT2D eigenvalue weighted by atomic mass is 10.2. The molecule has 0 spiro atoms. The van der Waals surface area contributed by atoms with Gasteiger partial charge in [0.2, 0.25) is 10.0 Å². The smallest absolute Gasteiger partial charge is 0.241 e. The van der Waals surface area contributed by atoms with E-state index in [0.29, 0.717) is 0 Å². The Kier molecular flexibility index (Phi) is 5.74. The standard InChI is InChI=1S/C17H16FNO3S/c1-14-6-2-3-7-17(14)22-13-5-4-12-19-23(20,21)16-10-8-15(18)9-11-16/h2-3,6-11,19H,12-13H2,1H3. The molecule has 1 N–H and O–H groups in total. The number of benzene rings is 2. The number of sulfonamides is 1. The molecule has 0 aromatic heterocycles. The predicted molar refractivity (Wildman–Crippen MR) is 86.0 cm³/mol. The van der Waals surface area contributed by atoms with Crippen LogP contribution in [-0.2, 0) is 10.0 Å². The highest BCUT2D eigenvalue weighted by Crippen LogP contribution is 2.15. The summed E-state index contributed by atoms with van der Waals surface area (Å²) >= 11 is 0.